The summed E-state index contributed by atoms with van der Waals surface area (Å²) in [6.45, 7) is 1.12. The fraction of sp³-hybridized carbons (Fsp3) is 0.421. The molecule has 3 aromatic rings. The Hall–Kier alpha value is -2.91. The fourth-order valence-electron chi connectivity index (χ4n) is 3.23. The first kappa shape index (κ1) is 19.8. The number of rotatable bonds is 7. The summed E-state index contributed by atoms with van der Waals surface area (Å²) in [5, 5.41) is 13.7. The smallest absolute Gasteiger partial charge is 0.332 e. The molecule has 0 saturated heterocycles. The molecule has 150 valence electrons. The van der Waals surface area contributed by atoms with E-state index in [0.29, 0.717) is 24.7 Å². The van der Waals surface area contributed by atoms with Gasteiger partial charge in [0.05, 0.1) is 12.6 Å². The highest BCUT2D eigenvalue weighted by molar-refractivity contribution is 5.74. The molecule has 0 spiro atoms. The van der Waals surface area contributed by atoms with E-state index >= 15 is 0 Å². The maximum absolute atomic E-state index is 12.8. The van der Waals surface area contributed by atoms with E-state index in [1.807, 2.05) is 49.3 Å². The zero-order valence-electron chi connectivity index (χ0n) is 16.6. The number of fused-ring (bicyclic) bond motifs is 1. The molecule has 2 heterocycles. The van der Waals surface area contributed by atoms with Crippen molar-refractivity contribution in [2.45, 2.75) is 19.2 Å². The lowest BCUT2D eigenvalue weighted by Gasteiger charge is -2.18. The summed E-state index contributed by atoms with van der Waals surface area (Å²) in [4.78, 5) is 31.4. The lowest BCUT2D eigenvalue weighted by molar-refractivity contribution is 0.121. The van der Waals surface area contributed by atoms with Crippen molar-refractivity contribution >= 4 is 17.1 Å². The van der Waals surface area contributed by atoms with E-state index in [1.54, 1.807) is 11.6 Å². The SMILES string of the molecule is CN(C)CC(O)Cn1c(NCc2ccccc2)nc2c1c(=O)n(C)c(=O)n2C. The van der Waals surface area contributed by atoms with Gasteiger partial charge in [0.15, 0.2) is 11.2 Å². The number of aryl methyl sites for hydroxylation is 1. The minimum absolute atomic E-state index is 0.180. The molecular weight excluding hydrogens is 360 g/mol. The van der Waals surface area contributed by atoms with Crippen LogP contribution in [0.3, 0.4) is 0 Å². The lowest BCUT2D eigenvalue weighted by Crippen LogP contribution is -2.38. The Morgan fingerprint density at radius 3 is 2.46 bits per heavy atom. The Morgan fingerprint density at radius 1 is 1.14 bits per heavy atom. The second kappa shape index (κ2) is 7.99. The molecule has 0 radical (unpaired) electrons. The highest BCUT2D eigenvalue weighted by Crippen LogP contribution is 2.17. The monoisotopic (exact) mass is 386 g/mol. The Morgan fingerprint density at radius 2 is 1.82 bits per heavy atom. The molecule has 0 bridgehead atoms. The zero-order chi connectivity index (χ0) is 20.4. The van der Waals surface area contributed by atoms with Gasteiger partial charge in [-0.25, -0.2) is 4.79 Å². The zero-order valence-corrected chi connectivity index (χ0v) is 16.6. The number of nitrogens with one attached hydrogen (secondary N) is 1. The van der Waals surface area contributed by atoms with Crippen molar-refractivity contribution < 1.29 is 5.11 Å². The Bertz CT molecular complexity index is 1080. The van der Waals surface area contributed by atoms with Crippen LogP contribution in [0.1, 0.15) is 5.56 Å². The predicted molar refractivity (Wildman–Crippen MR) is 109 cm³/mol. The minimum atomic E-state index is -0.702. The van der Waals surface area contributed by atoms with Crippen molar-refractivity contribution in [3.8, 4) is 0 Å². The highest BCUT2D eigenvalue weighted by Gasteiger charge is 2.21. The van der Waals surface area contributed by atoms with Crippen molar-refractivity contribution in [3.05, 3.63) is 56.7 Å². The van der Waals surface area contributed by atoms with Crippen LogP contribution in [0.5, 0.6) is 0 Å². The van der Waals surface area contributed by atoms with Crippen molar-refractivity contribution in [3.63, 3.8) is 0 Å². The van der Waals surface area contributed by atoms with Crippen molar-refractivity contribution in [1.29, 1.82) is 0 Å². The van der Waals surface area contributed by atoms with Crippen LogP contribution in [-0.2, 0) is 27.2 Å². The van der Waals surface area contributed by atoms with E-state index in [9.17, 15) is 14.7 Å². The fourth-order valence-corrected chi connectivity index (χ4v) is 3.23. The van der Waals surface area contributed by atoms with Gasteiger partial charge in [0.2, 0.25) is 5.95 Å². The molecule has 0 fully saturated rings. The summed E-state index contributed by atoms with van der Waals surface area (Å²) in [7, 11) is 6.76. The molecule has 1 unspecified atom stereocenters. The van der Waals surface area contributed by atoms with Crippen LogP contribution in [0, 0.1) is 0 Å². The molecule has 3 rings (SSSR count). The van der Waals surface area contributed by atoms with Gasteiger partial charge < -0.3 is 19.9 Å². The Balaban J connectivity index is 2.09. The molecule has 0 aliphatic heterocycles. The second-order valence-electron chi connectivity index (χ2n) is 7.18. The molecule has 0 aliphatic carbocycles. The summed E-state index contributed by atoms with van der Waals surface area (Å²) in [6, 6.07) is 9.79. The summed E-state index contributed by atoms with van der Waals surface area (Å²) in [6.07, 6.45) is -0.702. The number of likely N-dealkylation sites (N-methyl/N-ethyl adjacent to an activating group) is 1. The number of aliphatic hydroxyl groups is 1. The van der Waals surface area contributed by atoms with Crippen LogP contribution < -0.4 is 16.6 Å². The van der Waals surface area contributed by atoms with Crippen LogP contribution in [0.4, 0.5) is 5.95 Å². The predicted octanol–water partition coefficient (Wildman–Crippen LogP) is -0.0317. The summed E-state index contributed by atoms with van der Waals surface area (Å²) < 4.78 is 4.06. The van der Waals surface area contributed by atoms with E-state index in [4.69, 9.17) is 0 Å². The first-order chi connectivity index (χ1) is 13.3. The van der Waals surface area contributed by atoms with Crippen LogP contribution in [-0.4, -0.2) is 55.4 Å². The van der Waals surface area contributed by atoms with Gasteiger partial charge in [-0.2, -0.15) is 4.98 Å². The van der Waals surface area contributed by atoms with Crippen LogP contribution in [0.2, 0.25) is 0 Å². The van der Waals surface area contributed by atoms with Crippen LogP contribution >= 0.6 is 0 Å². The minimum Gasteiger partial charge on any atom is -0.390 e. The Kier molecular flexibility index (Phi) is 5.66. The van der Waals surface area contributed by atoms with E-state index in [0.717, 1.165) is 10.1 Å². The normalized spacial score (nSPS) is 12.6. The average Bonchev–Trinajstić information content (AvgIpc) is 3.01. The maximum atomic E-state index is 12.8. The van der Waals surface area contributed by atoms with Crippen molar-refractivity contribution in [2.24, 2.45) is 14.1 Å². The number of imidazole rings is 1. The van der Waals surface area contributed by atoms with Gasteiger partial charge in [-0.05, 0) is 19.7 Å². The van der Waals surface area contributed by atoms with E-state index in [2.05, 4.69) is 10.3 Å². The molecule has 0 aliphatic rings. The third-order valence-corrected chi connectivity index (χ3v) is 4.61. The van der Waals surface area contributed by atoms with E-state index in [-0.39, 0.29) is 12.1 Å². The lowest BCUT2D eigenvalue weighted by atomic mass is 10.2. The molecule has 2 aromatic heterocycles. The molecule has 1 aromatic carbocycles. The number of anilines is 1. The number of aliphatic hydroxyl groups excluding tert-OH is 1. The number of benzene rings is 1. The van der Waals surface area contributed by atoms with E-state index in [1.165, 1.54) is 11.6 Å². The molecule has 1 atom stereocenters. The number of aromatic nitrogens is 4. The van der Waals surface area contributed by atoms with Gasteiger partial charge >= 0.3 is 5.69 Å². The summed E-state index contributed by atoms with van der Waals surface area (Å²) in [5.41, 5.74) is 0.761. The third-order valence-electron chi connectivity index (χ3n) is 4.61. The Labute approximate surface area is 162 Å². The topological polar surface area (TPSA) is 97.3 Å². The average molecular weight is 386 g/mol. The highest BCUT2D eigenvalue weighted by atomic mass is 16.3. The first-order valence-electron chi connectivity index (χ1n) is 9.06. The maximum Gasteiger partial charge on any atom is 0.332 e. The quantitative estimate of drug-likeness (QED) is 0.592. The molecule has 9 heteroatoms. The van der Waals surface area contributed by atoms with Gasteiger partial charge in [0, 0.05) is 27.2 Å². The summed E-state index contributed by atoms with van der Waals surface area (Å²) in [5.74, 6) is 0.440. The number of hydrogen-bond acceptors (Lipinski definition) is 6. The van der Waals surface area contributed by atoms with Crippen molar-refractivity contribution in [2.75, 3.05) is 26.0 Å². The van der Waals surface area contributed by atoms with Crippen LogP contribution in [0.25, 0.3) is 11.2 Å². The molecule has 2 N–H and O–H groups in total. The van der Waals surface area contributed by atoms with Gasteiger partial charge in [-0.3, -0.25) is 13.9 Å². The van der Waals surface area contributed by atoms with Crippen molar-refractivity contribution in [1.82, 2.24) is 23.6 Å². The van der Waals surface area contributed by atoms with E-state index < -0.39 is 17.4 Å². The van der Waals surface area contributed by atoms with Gasteiger partial charge in [-0.1, -0.05) is 30.3 Å². The first-order valence-corrected chi connectivity index (χ1v) is 9.06. The third kappa shape index (κ3) is 3.85. The molecule has 0 saturated carbocycles. The van der Waals surface area contributed by atoms with Gasteiger partial charge in [0.1, 0.15) is 0 Å². The number of nitrogens with zero attached hydrogens (tertiary/aromatic N) is 5. The van der Waals surface area contributed by atoms with Crippen LogP contribution in [0.15, 0.2) is 39.9 Å². The molecule has 28 heavy (non-hydrogen) atoms. The number of hydrogen-bond donors (Lipinski definition) is 2. The summed E-state index contributed by atoms with van der Waals surface area (Å²) >= 11 is 0. The standard InChI is InChI=1S/C19H26N6O3/c1-22(2)11-14(26)12-25-15-16(23(3)19(28)24(4)17(15)27)21-18(25)20-10-13-8-6-5-7-9-13/h5-9,14,26H,10-12H2,1-4H3,(H,20,21). The van der Waals surface area contributed by atoms with Gasteiger partial charge in [0.25, 0.3) is 5.56 Å². The molecule has 9 nitrogen and oxygen atoms in total. The second-order valence-corrected chi connectivity index (χ2v) is 7.18. The molecular formula is C19H26N6O3. The molecule has 0 amide bonds. The largest absolute Gasteiger partial charge is 0.390 e. The van der Waals surface area contributed by atoms with Gasteiger partial charge in [-0.15, -0.1) is 0 Å².